The standard InChI is InChI=1S/C22H26N2O4/c1-3-28-19-12-8-17(9-13-19)22(26)23-15-21(25)24-14-4-5-20(24)16-6-10-18(27-2)11-7-16/h6-13,20H,3-5,14-15H2,1-2H3,(H,23,26). The lowest BCUT2D eigenvalue weighted by Crippen LogP contribution is -2.39. The van der Waals surface area contributed by atoms with Gasteiger partial charge in [-0.1, -0.05) is 12.1 Å². The summed E-state index contributed by atoms with van der Waals surface area (Å²) in [6.45, 7) is 3.17. The molecule has 1 heterocycles. The van der Waals surface area contributed by atoms with Crippen LogP contribution in [0.4, 0.5) is 0 Å². The molecule has 0 aromatic heterocycles. The van der Waals surface area contributed by atoms with Crippen LogP contribution in [0.25, 0.3) is 0 Å². The molecule has 6 nitrogen and oxygen atoms in total. The highest BCUT2D eigenvalue weighted by molar-refractivity contribution is 5.96. The maximum absolute atomic E-state index is 12.7. The van der Waals surface area contributed by atoms with E-state index in [1.165, 1.54) is 0 Å². The van der Waals surface area contributed by atoms with Crippen molar-refractivity contribution in [2.24, 2.45) is 0 Å². The largest absolute Gasteiger partial charge is 0.497 e. The molecule has 0 radical (unpaired) electrons. The Kier molecular flexibility index (Phi) is 6.53. The van der Waals surface area contributed by atoms with Crippen molar-refractivity contribution in [3.8, 4) is 11.5 Å². The average Bonchev–Trinajstić information content (AvgIpc) is 3.22. The fourth-order valence-electron chi connectivity index (χ4n) is 3.47. The number of rotatable bonds is 7. The zero-order valence-electron chi connectivity index (χ0n) is 16.3. The summed E-state index contributed by atoms with van der Waals surface area (Å²) in [5, 5.41) is 2.73. The number of hydrogen-bond donors (Lipinski definition) is 1. The summed E-state index contributed by atoms with van der Waals surface area (Å²) in [5.41, 5.74) is 1.59. The fourth-order valence-corrected chi connectivity index (χ4v) is 3.47. The predicted octanol–water partition coefficient (Wildman–Crippen LogP) is 3.19. The average molecular weight is 382 g/mol. The zero-order valence-corrected chi connectivity index (χ0v) is 16.3. The van der Waals surface area contributed by atoms with Gasteiger partial charge in [0.05, 0.1) is 26.3 Å². The summed E-state index contributed by atoms with van der Waals surface area (Å²) < 4.78 is 10.6. The van der Waals surface area contributed by atoms with E-state index >= 15 is 0 Å². The molecule has 3 rings (SSSR count). The number of hydrogen-bond acceptors (Lipinski definition) is 4. The summed E-state index contributed by atoms with van der Waals surface area (Å²) in [7, 11) is 1.63. The summed E-state index contributed by atoms with van der Waals surface area (Å²) >= 11 is 0. The molecule has 0 saturated carbocycles. The van der Waals surface area contributed by atoms with E-state index in [2.05, 4.69) is 5.32 Å². The normalized spacial score (nSPS) is 15.9. The Hall–Kier alpha value is -3.02. The highest BCUT2D eigenvalue weighted by Crippen LogP contribution is 2.32. The summed E-state index contributed by atoms with van der Waals surface area (Å²) in [4.78, 5) is 26.9. The van der Waals surface area contributed by atoms with E-state index in [-0.39, 0.29) is 24.4 Å². The number of methoxy groups -OCH3 is 1. The number of ether oxygens (including phenoxy) is 2. The van der Waals surface area contributed by atoms with E-state index in [0.29, 0.717) is 18.7 Å². The number of nitrogens with one attached hydrogen (secondary N) is 1. The van der Waals surface area contributed by atoms with E-state index in [1.807, 2.05) is 36.1 Å². The number of benzene rings is 2. The summed E-state index contributed by atoms with van der Waals surface area (Å²) in [6.07, 6.45) is 1.88. The van der Waals surface area contributed by atoms with Crippen LogP contribution in [0.5, 0.6) is 11.5 Å². The highest BCUT2D eigenvalue weighted by Gasteiger charge is 2.29. The maximum Gasteiger partial charge on any atom is 0.251 e. The summed E-state index contributed by atoms with van der Waals surface area (Å²) in [5.74, 6) is 1.17. The molecule has 0 spiro atoms. The Morgan fingerprint density at radius 1 is 1.07 bits per heavy atom. The molecule has 148 valence electrons. The van der Waals surface area contributed by atoms with Crippen molar-refractivity contribution in [1.29, 1.82) is 0 Å². The second-order valence-electron chi connectivity index (χ2n) is 6.66. The van der Waals surface area contributed by atoms with Crippen LogP contribution in [-0.2, 0) is 4.79 Å². The molecule has 2 aromatic rings. The van der Waals surface area contributed by atoms with Crippen molar-refractivity contribution in [2.75, 3.05) is 26.8 Å². The topological polar surface area (TPSA) is 67.9 Å². The lowest BCUT2D eigenvalue weighted by Gasteiger charge is -2.25. The molecule has 1 aliphatic rings. The Morgan fingerprint density at radius 2 is 1.75 bits per heavy atom. The first kappa shape index (κ1) is 19.7. The van der Waals surface area contributed by atoms with Crippen molar-refractivity contribution in [3.63, 3.8) is 0 Å². The maximum atomic E-state index is 12.7. The van der Waals surface area contributed by atoms with Gasteiger partial charge in [0.1, 0.15) is 11.5 Å². The van der Waals surface area contributed by atoms with Crippen molar-refractivity contribution in [3.05, 3.63) is 59.7 Å². The van der Waals surface area contributed by atoms with Gasteiger partial charge in [-0.05, 0) is 61.7 Å². The van der Waals surface area contributed by atoms with Crippen LogP contribution in [0.1, 0.15) is 41.7 Å². The Morgan fingerprint density at radius 3 is 2.39 bits per heavy atom. The number of carbonyl (C=O) groups excluding carboxylic acids is 2. The lowest BCUT2D eigenvalue weighted by molar-refractivity contribution is -0.131. The van der Waals surface area contributed by atoms with Gasteiger partial charge in [-0.25, -0.2) is 0 Å². The minimum absolute atomic E-state index is 0.0152. The first-order chi connectivity index (χ1) is 13.6. The first-order valence-electron chi connectivity index (χ1n) is 9.57. The fraction of sp³-hybridized carbons (Fsp3) is 0.364. The predicted molar refractivity (Wildman–Crippen MR) is 107 cm³/mol. The van der Waals surface area contributed by atoms with Gasteiger partial charge in [0, 0.05) is 12.1 Å². The van der Waals surface area contributed by atoms with Gasteiger partial charge < -0.3 is 19.7 Å². The van der Waals surface area contributed by atoms with Gasteiger partial charge in [0.2, 0.25) is 5.91 Å². The van der Waals surface area contributed by atoms with Crippen molar-refractivity contribution < 1.29 is 19.1 Å². The molecule has 6 heteroatoms. The second kappa shape index (κ2) is 9.26. The molecule has 1 saturated heterocycles. The third-order valence-corrected chi connectivity index (χ3v) is 4.90. The van der Waals surface area contributed by atoms with Crippen LogP contribution >= 0.6 is 0 Å². The van der Waals surface area contributed by atoms with Crippen molar-refractivity contribution >= 4 is 11.8 Å². The van der Waals surface area contributed by atoms with E-state index in [4.69, 9.17) is 9.47 Å². The number of amides is 2. The quantitative estimate of drug-likeness (QED) is 0.799. The van der Waals surface area contributed by atoms with E-state index in [9.17, 15) is 9.59 Å². The van der Waals surface area contributed by atoms with Crippen LogP contribution in [-0.4, -0.2) is 43.5 Å². The zero-order chi connectivity index (χ0) is 19.9. The van der Waals surface area contributed by atoms with Crippen molar-refractivity contribution in [1.82, 2.24) is 10.2 Å². The highest BCUT2D eigenvalue weighted by atomic mass is 16.5. The smallest absolute Gasteiger partial charge is 0.251 e. The van der Waals surface area contributed by atoms with E-state index < -0.39 is 0 Å². The molecule has 0 aliphatic carbocycles. The second-order valence-corrected chi connectivity index (χ2v) is 6.66. The lowest BCUT2D eigenvalue weighted by atomic mass is 10.0. The van der Waals surface area contributed by atoms with Gasteiger partial charge in [-0.2, -0.15) is 0 Å². The molecular weight excluding hydrogens is 356 g/mol. The van der Waals surface area contributed by atoms with Gasteiger partial charge >= 0.3 is 0 Å². The molecular formula is C22H26N2O4. The van der Waals surface area contributed by atoms with Gasteiger partial charge in [-0.3, -0.25) is 9.59 Å². The molecule has 1 N–H and O–H groups in total. The minimum atomic E-state index is -0.267. The molecule has 1 fully saturated rings. The minimum Gasteiger partial charge on any atom is -0.497 e. The van der Waals surface area contributed by atoms with Crippen LogP contribution in [0.2, 0.25) is 0 Å². The molecule has 1 unspecified atom stereocenters. The van der Waals surface area contributed by atoms with Gasteiger partial charge in [-0.15, -0.1) is 0 Å². The third-order valence-electron chi connectivity index (χ3n) is 4.90. The molecule has 2 aromatic carbocycles. The SMILES string of the molecule is CCOc1ccc(C(=O)NCC(=O)N2CCCC2c2ccc(OC)cc2)cc1. The molecule has 1 aliphatic heterocycles. The monoisotopic (exact) mass is 382 g/mol. The Bertz CT molecular complexity index is 802. The van der Waals surface area contributed by atoms with Crippen LogP contribution in [0.3, 0.4) is 0 Å². The summed E-state index contributed by atoms with van der Waals surface area (Å²) in [6, 6.07) is 14.7. The number of carbonyl (C=O) groups is 2. The number of nitrogens with zero attached hydrogens (tertiary/aromatic N) is 1. The molecule has 0 bridgehead atoms. The van der Waals surface area contributed by atoms with Crippen LogP contribution in [0.15, 0.2) is 48.5 Å². The molecule has 1 atom stereocenters. The van der Waals surface area contributed by atoms with Gasteiger partial charge in [0.15, 0.2) is 0 Å². The van der Waals surface area contributed by atoms with Crippen molar-refractivity contribution in [2.45, 2.75) is 25.8 Å². The van der Waals surface area contributed by atoms with Crippen LogP contribution in [0, 0.1) is 0 Å². The van der Waals surface area contributed by atoms with E-state index in [0.717, 1.165) is 29.9 Å². The third kappa shape index (κ3) is 4.63. The first-order valence-corrected chi connectivity index (χ1v) is 9.57. The van der Waals surface area contributed by atoms with Crippen LogP contribution < -0.4 is 14.8 Å². The molecule has 2 amide bonds. The number of likely N-dealkylation sites (tertiary alicyclic amines) is 1. The molecule has 28 heavy (non-hydrogen) atoms. The van der Waals surface area contributed by atoms with Gasteiger partial charge in [0.25, 0.3) is 5.91 Å². The Balaban J connectivity index is 1.57. The Labute approximate surface area is 165 Å². The van der Waals surface area contributed by atoms with E-state index in [1.54, 1.807) is 31.4 Å².